The SMILES string of the molecule is CCC[C@@H]1C[C@@H](C(=O)N[C@@H]([C@H]2O[C@H](SC)[C@H](O)[C@@H](O)[C@H]2O)[C@H](C)Cl)N(C)C1.O=S(=O)(O)O. The Kier molecular flexibility index (Phi) is 12.1. The number of rotatable bonds is 7. The topological polar surface area (TPSA) is 177 Å². The van der Waals surface area contributed by atoms with Gasteiger partial charge in [0.05, 0.1) is 17.5 Å². The summed E-state index contributed by atoms with van der Waals surface area (Å²) in [4.78, 5) is 14.9. The number of ether oxygens (including phenoxy) is 1. The van der Waals surface area contributed by atoms with Gasteiger partial charge < -0.3 is 25.4 Å². The van der Waals surface area contributed by atoms with Crippen molar-refractivity contribution in [2.75, 3.05) is 19.8 Å². The van der Waals surface area contributed by atoms with Gasteiger partial charge in [-0.2, -0.15) is 8.42 Å². The van der Waals surface area contributed by atoms with E-state index in [1.807, 2.05) is 11.9 Å². The summed E-state index contributed by atoms with van der Waals surface area (Å²) in [6.45, 7) is 4.74. The third kappa shape index (κ3) is 8.85. The van der Waals surface area contributed by atoms with E-state index in [2.05, 4.69) is 12.2 Å². The lowest BCUT2D eigenvalue weighted by Gasteiger charge is -2.44. The standard InChI is InChI=1S/C18H33ClN2O5S.H2O4S/c1-5-6-10-7-11(21(3)8-10)17(25)20-12(9(2)19)16-14(23)13(22)15(24)18(26-16)27-4;1-5(2,3)4/h9-16,18,22-24H,5-8H2,1-4H3,(H,20,25);(H2,1,2,3,4)/t9-,10+,11-,12+,13-,14+,15+,16+,18+;/m0./s1. The summed E-state index contributed by atoms with van der Waals surface area (Å²) in [5.41, 5.74) is -0.702. The molecule has 0 aliphatic carbocycles. The third-order valence-electron chi connectivity index (χ3n) is 5.63. The number of likely N-dealkylation sites (N-methyl/N-ethyl adjacent to an activating group) is 1. The van der Waals surface area contributed by atoms with Crippen LogP contribution in [-0.4, -0.2) is 111 Å². The average Bonchev–Trinajstić information content (AvgIpc) is 3.04. The van der Waals surface area contributed by atoms with Gasteiger partial charge in [-0.1, -0.05) is 13.3 Å². The van der Waals surface area contributed by atoms with Gasteiger partial charge in [0.15, 0.2) is 0 Å². The normalized spacial score (nSPS) is 35.5. The second-order valence-corrected chi connectivity index (χ2v) is 10.7. The summed E-state index contributed by atoms with van der Waals surface area (Å²) in [5.74, 6) is 0.350. The van der Waals surface area contributed by atoms with Crippen LogP contribution in [0.3, 0.4) is 0 Å². The fourth-order valence-corrected chi connectivity index (χ4v) is 5.00. The lowest BCUT2D eigenvalue weighted by Crippen LogP contribution is -2.65. The van der Waals surface area contributed by atoms with Gasteiger partial charge in [0.1, 0.15) is 29.9 Å². The average molecular weight is 523 g/mol. The van der Waals surface area contributed by atoms with Crippen LogP contribution in [0.15, 0.2) is 0 Å². The summed E-state index contributed by atoms with van der Waals surface area (Å²) < 4.78 is 37.4. The molecule has 0 unspecified atom stereocenters. The maximum atomic E-state index is 12.9. The van der Waals surface area contributed by atoms with Gasteiger partial charge in [0.2, 0.25) is 5.91 Å². The van der Waals surface area contributed by atoms with Crippen LogP contribution in [0.5, 0.6) is 0 Å². The van der Waals surface area contributed by atoms with Gasteiger partial charge in [-0.05, 0) is 39.0 Å². The molecule has 0 radical (unpaired) electrons. The van der Waals surface area contributed by atoms with Gasteiger partial charge in [0.25, 0.3) is 0 Å². The van der Waals surface area contributed by atoms with Crippen molar-refractivity contribution in [1.82, 2.24) is 10.2 Å². The number of aliphatic hydroxyl groups excluding tert-OH is 3. The molecule has 0 aromatic carbocycles. The van der Waals surface area contributed by atoms with Gasteiger partial charge in [-0.3, -0.25) is 18.8 Å². The van der Waals surface area contributed by atoms with Crippen LogP contribution in [0.2, 0.25) is 0 Å². The van der Waals surface area contributed by atoms with E-state index in [9.17, 15) is 20.1 Å². The molecule has 11 nitrogen and oxygen atoms in total. The fraction of sp³-hybridized carbons (Fsp3) is 0.944. The molecular weight excluding hydrogens is 488 g/mol. The summed E-state index contributed by atoms with van der Waals surface area (Å²) in [7, 11) is -2.73. The van der Waals surface area contributed by atoms with Crippen LogP contribution in [0, 0.1) is 5.92 Å². The number of alkyl halides is 1. The fourth-order valence-electron chi connectivity index (χ4n) is 4.11. The van der Waals surface area contributed by atoms with Gasteiger partial charge in [0, 0.05) is 6.54 Å². The first-order chi connectivity index (χ1) is 14.7. The highest BCUT2D eigenvalue weighted by atomic mass is 35.5. The van der Waals surface area contributed by atoms with E-state index in [4.69, 9.17) is 33.9 Å². The van der Waals surface area contributed by atoms with E-state index in [-0.39, 0.29) is 11.9 Å². The maximum absolute atomic E-state index is 12.9. The molecule has 2 aliphatic heterocycles. The van der Waals surface area contributed by atoms with E-state index < -0.39 is 51.7 Å². The number of nitrogens with zero attached hydrogens (tertiary/aromatic N) is 1. The van der Waals surface area contributed by atoms with Crippen LogP contribution < -0.4 is 5.32 Å². The molecule has 32 heavy (non-hydrogen) atoms. The zero-order chi connectivity index (χ0) is 24.8. The first-order valence-corrected chi connectivity index (χ1v) is 13.4. The Hall–Kier alpha value is -0.220. The highest BCUT2D eigenvalue weighted by Crippen LogP contribution is 2.31. The first-order valence-electron chi connectivity index (χ1n) is 10.3. The Bertz CT molecular complexity index is 690. The van der Waals surface area contributed by atoms with Crippen molar-refractivity contribution in [3.05, 3.63) is 0 Å². The van der Waals surface area contributed by atoms with E-state index in [1.165, 1.54) is 11.8 Å². The molecular formula is C18H35ClN2O9S2. The minimum absolute atomic E-state index is 0.147. The number of thioether (sulfide) groups is 1. The number of carbonyl (C=O) groups is 1. The molecule has 0 aromatic heterocycles. The highest BCUT2D eigenvalue weighted by Gasteiger charge is 2.48. The van der Waals surface area contributed by atoms with Crippen molar-refractivity contribution in [3.8, 4) is 0 Å². The number of carbonyl (C=O) groups excluding carboxylic acids is 1. The lowest BCUT2D eigenvalue weighted by atomic mass is 9.92. The van der Waals surface area contributed by atoms with Crippen LogP contribution in [0.4, 0.5) is 0 Å². The number of hydrogen-bond donors (Lipinski definition) is 6. The first kappa shape index (κ1) is 29.8. The number of hydrogen-bond acceptors (Lipinski definition) is 9. The summed E-state index contributed by atoms with van der Waals surface area (Å²) in [6.07, 6.45) is -0.0980. The second-order valence-electron chi connectivity index (χ2n) is 8.18. The van der Waals surface area contributed by atoms with Gasteiger partial charge in [-0.15, -0.1) is 23.4 Å². The number of amides is 1. The molecule has 2 aliphatic rings. The monoisotopic (exact) mass is 522 g/mol. The smallest absolute Gasteiger partial charge is 0.388 e. The molecule has 2 fully saturated rings. The summed E-state index contributed by atoms with van der Waals surface area (Å²) in [6, 6.07) is -0.934. The summed E-state index contributed by atoms with van der Waals surface area (Å²) >= 11 is 7.55. The van der Waals surface area contributed by atoms with E-state index in [0.29, 0.717) is 5.92 Å². The summed E-state index contributed by atoms with van der Waals surface area (Å²) in [5, 5.41) is 33.0. The maximum Gasteiger partial charge on any atom is 0.394 e. The Morgan fingerprint density at radius 3 is 2.28 bits per heavy atom. The van der Waals surface area contributed by atoms with Gasteiger partial charge >= 0.3 is 10.4 Å². The minimum Gasteiger partial charge on any atom is -0.388 e. The molecule has 2 heterocycles. The van der Waals surface area contributed by atoms with E-state index in [1.54, 1.807) is 13.2 Å². The quantitative estimate of drug-likeness (QED) is 0.192. The Morgan fingerprint density at radius 2 is 1.81 bits per heavy atom. The Morgan fingerprint density at radius 1 is 1.25 bits per heavy atom. The molecule has 14 heteroatoms. The molecule has 0 spiro atoms. The van der Waals surface area contributed by atoms with Crippen molar-refractivity contribution in [3.63, 3.8) is 0 Å². The van der Waals surface area contributed by atoms with Crippen molar-refractivity contribution in [2.45, 2.75) is 80.4 Å². The molecule has 9 atom stereocenters. The lowest BCUT2D eigenvalue weighted by molar-refractivity contribution is -0.205. The Balaban J connectivity index is 0.000000920. The Labute approximate surface area is 198 Å². The third-order valence-corrected chi connectivity index (χ3v) is 6.76. The van der Waals surface area contributed by atoms with Crippen molar-refractivity contribution in [2.24, 2.45) is 5.92 Å². The molecule has 2 saturated heterocycles. The predicted molar refractivity (Wildman–Crippen MR) is 121 cm³/mol. The molecule has 190 valence electrons. The second kappa shape index (κ2) is 13.0. The predicted octanol–water partition coefficient (Wildman–Crippen LogP) is -0.263. The van der Waals surface area contributed by atoms with Crippen LogP contribution in [-0.2, 0) is 19.9 Å². The molecule has 0 aromatic rings. The number of likely N-dealkylation sites (tertiary alicyclic amines) is 1. The number of aliphatic hydroxyl groups is 3. The van der Waals surface area contributed by atoms with Gasteiger partial charge in [-0.25, -0.2) is 0 Å². The van der Waals surface area contributed by atoms with Crippen molar-refractivity contribution >= 4 is 39.7 Å². The van der Waals surface area contributed by atoms with Crippen LogP contribution >= 0.6 is 23.4 Å². The zero-order valence-electron chi connectivity index (χ0n) is 18.5. The number of nitrogens with one attached hydrogen (secondary N) is 1. The molecule has 0 saturated carbocycles. The van der Waals surface area contributed by atoms with Crippen molar-refractivity contribution in [1.29, 1.82) is 0 Å². The van der Waals surface area contributed by atoms with Crippen LogP contribution in [0.1, 0.15) is 33.1 Å². The molecule has 2 rings (SSSR count). The zero-order valence-corrected chi connectivity index (χ0v) is 20.9. The molecule has 1 amide bonds. The minimum atomic E-state index is -4.67. The molecule has 0 bridgehead atoms. The van der Waals surface area contributed by atoms with Crippen LogP contribution in [0.25, 0.3) is 0 Å². The largest absolute Gasteiger partial charge is 0.394 e. The number of halogens is 1. The van der Waals surface area contributed by atoms with Crippen molar-refractivity contribution < 1.29 is 42.4 Å². The highest BCUT2D eigenvalue weighted by molar-refractivity contribution is 7.99. The van der Waals surface area contributed by atoms with E-state index >= 15 is 0 Å². The molecule has 6 N–H and O–H groups in total. The van der Waals surface area contributed by atoms with E-state index in [0.717, 1.165) is 25.8 Å².